The number of methoxy groups -OCH3 is 1. The maximum Gasteiger partial charge on any atom is 0.294 e. The van der Waals surface area contributed by atoms with Gasteiger partial charge in [0.25, 0.3) is 5.56 Å². The Labute approximate surface area is 148 Å². The third-order valence-corrected chi connectivity index (χ3v) is 4.32. The fourth-order valence-electron chi connectivity index (χ4n) is 3.11. The molecule has 0 N–H and O–H groups in total. The summed E-state index contributed by atoms with van der Waals surface area (Å²) in [6.07, 6.45) is 2.27. The molecule has 0 fully saturated rings. The van der Waals surface area contributed by atoms with E-state index in [0.29, 0.717) is 24.1 Å². The van der Waals surface area contributed by atoms with Crippen LogP contribution in [0.2, 0.25) is 5.15 Å². The van der Waals surface area contributed by atoms with Crippen molar-refractivity contribution in [3.63, 3.8) is 0 Å². The molecule has 0 bridgehead atoms. The van der Waals surface area contributed by atoms with Gasteiger partial charge in [-0.05, 0) is 18.9 Å². The van der Waals surface area contributed by atoms with Gasteiger partial charge in [-0.15, -0.1) is 0 Å². The summed E-state index contributed by atoms with van der Waals surface area (Å²) in [5, 5.41) is 0.245. The quantitative estimate of drug-likeness (QED) is 0.756. The van der Waals surface area contributed by atoms with E-state index in [1.807, 2.05) is 17.9 Å². The van der Waals surface area contributed by atoms with Crippen LogP contribution >= 0.6 is 11.6 Å². The van der Waals surface area contributed by atoms with E-state index in [4.69, 9.17) is 32.0 Å². The standard InChI is InChI=1S/C16H16B2ClN3O2/c1-9(8-24-2)22-7-13(19)20-15(16(22)23)21-4-3-10-5-11(17)6-12(18)14(10)21/h5-7,9H,3-4,8H2,1-2H3/t9-/m1/s1. The van der Waals surface area contributed by atoms with Gasteiger partial charge in [0.05, 0.1) is 12.6 Å². The number of nitrogens with zero attached hydrogens (tertiary/aromatic N) is 3. The summed E-state index contributed by atoms with van der Waals surface area (Å²) < 4.78 is 6.68. The third-order valence-electron chi connectivity index (χ3n) is 4.14. The highest BCUT2D eigenvalue weighted by Crippen LogP contribution is 2.30. The first-order valence-corrected chi connectivity index (χ1v) is 8.03. The van der Waals surface area contributed by atoms with E-state index < -0.39 is 0 Å². The minimum atomic E-state index is -0.229. The van der Waals surface area contributed by atoms with Crippen LogP contribution in [-0.4, -0.2) is 45.5 Å². The number of hydrogen-bond acceptors (Lipinski definition) is 4. The fraction of sp³-hybridized carbons (Fsp3) is 0.375. The molecule has 24 heavy (non-hydrogen) atoms. The molecule has 3 rings (SSSR count). The molecular weight excluding hydrogens is 323 g/mol. The lowest BCUT2D eigenvalue weighted by Gasteiger charge is -2.23. The Morgan fingerprint density at radius 3 is 2.88 bits per heavy atom. The molecule has 2 heterocycles. The van der Waals surface area contributed by atoms with Crippen molar-refractivity contribution in [1.82, 2.24) is 9.55 Å². The van der Waals surface area contributed by atoms with Crippen LogP contribution in [0.1, 0.15) is 18.5 Å². The number of ether oxygens (including phenoxy) is 1. The largest absolute Gasteiger partial charge is 0.383 e. The molecule has 0 unspecified atom stereocenters. The van der Waals surface area contributed by atoms with Crippen molar-refractivity contribution in [3.05, 3.63) is 39.4 Å². The molecule has 1 aliphatic rings. The summed E-state index contributed by atoms with van der Waals surface area (Å²) in [6, 6.07) is 3.41. The summed E-state index contributed by atoms with van der Waals surface area (Å²) in [7, 11) is 13.6. The first-order valence-electron chi connectivity index (χ1n) is 7.65. The second kappa shape index (κ2) is 6.65. The van der Waals surface area contributed by atoms with Gasteiger partial charge < -0.3 is 14.2 Å². The lowest BCUT2D eigenvalue weighted by Crippen LogP contribution is -2.34. The van der Waals surface area contributed by atoms with E-state index in [-0.39, 0.29) is 22.6 Å². The Balaban J connectivity index is 2.12. The number of hydrogen-bond donors (Lipinski definition) is 0. The molecular formula is C16H16B2ClN3O2. The summed E-state index contributed by atoms with van der Waals surface area (Å²) in [5.74, 6) is 0.265. The smallest absolute Gasteiger partial charge is 0.294 e. The van der Waals surface area contributed by atoms with Gasteiger partial charge in [-0.3, -0.25) is 4.79 Å². The number of halogens is 1. The number of anilines is 2. The van der Waals surface area contributed by atoms with Gasteiger partial charge in [-0.25, -0.2) is 4.98 Å². The molecule has 0 amide bonds. The number of fused-ring (bicyclic) bond motifs is 1. The molecule has 1 atom stereocenters. The Kier molecular flexibility index (Phi) is 4.74. The topological polar surface area (TPSA) is 47.4 Å². The molecule has 0 spiro atoms. The van der Waals surface area contributed by atoms with Crippen molar-refractivity contribution in [1.29, 1.82) is 0 Å². The maximum absolute atomic E-state index is 12.9. The average molecular weight is 339 g/mol. The molecule has 120 valence electrons. The Hall–Kier alpha value is -1.72. The van der Waals surface area contributed by atoms with Gasteiger partial charge >= 0.3 is 0 Å². The molecule has 4 radical (unpaired) electrons. The summed E-state index contributed by atoms with van der Waals surface area (Å²) in [6.45, 7) is 2.89. The van der Waals surface area contributed by atoms with Gasteiger partial charge in [0.15, 0.2) is 0 Å². The second-order valence-electron chi connectivity index (χ2n) is 5.92. The first kappa shape index (κ1) is 17.1. The van der Waals surface area contributed by atoms with E-state index >= 15 is 0 Å². The van der Waals surface area contributed by atoms with Crippen LogP contribution in [0.15, 0.2) is 23.1 Å². The number of benzene rings is 1. The average Bonchev–Trinajstić information content (AvgIpc) is 2.93. The van der Waals surface area contributed by atoms with Crippen LogP contribution in [-0.2, 0) is 11.2 Å². The highest BCUT2D eigenvalue weighted by atomic mass is 35.5. The predicted octanol–water partition coefficient (Wildman–Crippen LogP) is 0.386. The molecule has 1 aromatic carbocycles. The second-order valence-corrected chi connectivity index (χ2v) is 6.31. The lowest BCUT2D eigenvalue weighted by atomic mass is 9.84. The predicted molar refractivity (Wildman–Crippen MR) is 98.0 cm³/mol. The van der Waals surface area contributed by atoms with Crippen molar-refractivity contribution in [2.24, 2.45) is 0 Å². The molecule has 0 saturated heterocycles. The third kappa shape index (κ3) is 2.98. The first-order chi connectivity index (χ1) is 11.4. The van der Waals surface area contributed by atoms with Gasteiger partial charge in [-0.1, -0.05) is 34.7 Å². The summed E-state index contributed by atoms with van der Waals surface area (Å²) in [5.41, 5.74) is 2.69. The van der Waals surface area contributed by atoms with Gasteiger partial charge in [0.2, 0.25) is 5.82 Å². The molecule has 1 aliphatic heterocycles. The zero-order valence-corrected chi connectivity index (χ0v) is 14.4. The van der Waals surface area contributed by atoms with Crippen molar-refractivity contribution in [2.45, 2.75) is 19.4 Å². The van der Waals surface area contributed by atoms with Crippen molar-refractivity contribution in [3.8, 4) is 0 Å². The van der Waals surface area contributed by atoms with Crippen LogP contribution < -0.4 is 21.4 Å². The summed E-state index contributed by atoms with van der Waals surface area (Å²) in [4.78, 5) is 19.0. The zero-order chi connectivity index (χ0) is 17.4. The van der Waals surface area contributed by atoms with E-state index in [9.17, 15) is 4.79 Å². The normalized spacial score (nSPS) is 14.7. The molecule has 1 aromatic heterocycles. The maximum atomic E-state index is 12.9. The minimum Gasteiger partial charge on any atom is -0.383 e. The van der Waals surface area contributed by atoms with E-state index in [1.165, 1.54) is 6.20 Å². The fourth-order valence-corrected chi connectivity index (χ4v) is 3.30. The van der Waals surface area contributed by atoms with E-state index in [1.54, 1.807) is 17.7 Å². The minimum absolute atomic E-state index is 0.160. The summed E-state index contributed by atoms with van der Waals surface area (Å²) >= 11 is 6.15. The van der Waals surface area contributed by atoms with Gasteiger partial charge in [0.1, 0.15) is 20.8 Å². The van der Waals surface area contributed by atoms with Crippen molar-refractivity contribution < 1.29 is 4.74 Å². The van der Waals surface area contributed by atoms with Crippen molar-refractivity contribution >= 4 is 49.7 Å². The van der Waals surface area contributed by atoms with Crippen LogP contribution in [0.4, 0.5) is 11.5 Å². The highest BCUT2D eigenvalue weighted by Gasteiger charge is 2.27. The van der Waals surface area contributed by atoms with Crippen LogP contribution in [0.3, 0.4) is 0 Å². The Morgan fingerprint density at radius 1 is 1.42 bits per heavy atom. The Morgan fingerprint density at radius 2 is 2.17 bits per heavy atom. The van der Waals surface area contributed by atoms with Gasteiger partial charge in [-0.2, -0.15) is 0 Å². The highest BCUT2D eigenvalue weighted by molar-refractivity contribution is 6.40. The van der Waals surface area contributed by atoms with Crippen LogP contribution in [0.25, 0.3) is 0 Å². The SMILES string of the molecule is [B]c1cc([B])c2c(c1)CCN2c1nc(Cl)cn([C@H](C)COC)c1=O. The van der Waals surface area contributed by atoms with E-state index in [2.05, 4.69) is 4.98 Å². The van der Waals surface area contributed by atoms with Gasteiger partial charge in [0, 0.05) is 25.5 Å². The number of aromatic nitrogens is 2. The van der Waals surface area contributed by atoms with Crippen LogP contribution in [0, 0.1) is 0 Å². The lowest BCUT2D eigenvalue weighted by molar-refractivity contribution is 0.160. The molecule has 8 heteroatoms. The molecule has 0 saturated carbocycles. The molecule has 2 aromatic rings. The zero-order valence-electron chi connectivity index (χ0n) is 13.6. The molecule has 0 aliphatic carbocycles. The monoisotopic (exact) mass is 339 g/mol. The van der Waals surface area contributed by atoms with Crippen LogP contribution in [0.5, 0.6) is 0 Å². The molecule has 5 nitrogen and oxygen atoms in total. The Bertz CT molecular complexity index is 841. The number of rotatable bonds is 4. The van der Waals surface area contributed by atoms with Crippen molar-refractivity contribution in [2.75, 3.05) is 25.2 Å². The van der Waals surface area contributed by atoms with E-state index in [0.717, 1.165) is 17.7 Å².